The van der Waals surface area contributed by atoms with Crippen molar-refractivity contribution in [1.82, 2.24) is 31.1 Å². The maximum absolute atomic E-state index is 14.7. The van der Waals surface area contributed by atoms with Crippen LogP contribution in [0.5, 0.6) is 0 Å². The van der Waals surface area contributed by atoms with Gasteiger partial charge in [-0.1, -0.05) is 175 Å². The first kappa shape index (κ1) is 95.1. The summed E-state index contributed by atoms with van der Waals surface area (Å²) in [5, 5.41) is 31.5. The van der Waals surface area contributed by atoms with Crippen LogP contribution in [0.4, 0.5) is 0 Å². The minimum absolute atomic E-state index is 0.00258. The van der Waals surface area contributed by atoms with Crippen molar-refractivity contribution in [1.29, 1.82) is 0 Å². The molecule has 2 aliphatic rings. The zero-order valence-corrected chi connectivity index (χ0v) is 66.4. The van der Waals surface area contributed by atoms with Gasteiger partial charge in [0.2, 0.25) is 35.4 Å². The van der Waals surface area contributed by atoms with E-state index in [2.05, 4.69) is 44.8 Å². The molecule has 614 valence electrons. The van der Waals surface area contributed by atoms with Gasteiger partial charge < -0.3 is 75.7 Å². The van der Waals surface area contributed by atoms with E-state index in [0.717, 1.165) is 32.1 Å². The minimum atomic E-state index is -1.71. The van der Waals surface area contributed by atoms with Crippen LogP contribution in [0.25, 0.3) is 0 Å². The Hall–Kier alpha value is -8.14. The number of aliphatic imine (C=N–C) groups is 2. The number of unbranched alkanes of at least 4 members (excludes halogenated alkanes) is 13. The molecular weight excluding hydrogens is 1390 g/mol. The third-order valence-corrected chi connectivity index (χ3v) is 21.8. The number of aliphatic hydroxyl groups is 1. The number of hydrogen-bond donors (Lipinski definition) is 12. The summed E-state index contributed by atoms with van der Waals surface area (Å²) in [6.07, 6.45) is 17.5. The summed E-state index contributed by atoms with van der Waals surface area (Å²) in [6.45, 7) is 15.1. The van der Waals surface area contributed by atoms with Gasteiger partial charge in [-0.15, -0.1) is 0 Å². The number of Topliss-reactive ketones (excluding diaryl/α,β-unsaturated/α-hetero) is 5. The Balaban J connectivity index is 1.81. The van der Waals surface area contributed by atoms with Crippen LogP contribution in [0.15, 0.2) is 52.6 Å². The van der Waals surface area contributed by atoms with Crippen LogP contribution in [0, 0.1) is 41.4 Å². The van der Waals surface area contributed by atoms with E-state index in [0.29, 0.717) is 82.3 Å². The van der Waals surface area contributed by atoms with Gasteiger partial charge in [0.25, 0.3) is 0 Å². The quantitative estimate of drug-likeness (QED) is 0.0181. The number of guanidine groups is 2. The molecule has 1 aromatic rings. The van der Waals surface area contributed by atoms with Crippen LogP contribution >= 0.6 is 0 Å². The molecule has 0 aliphatic carbocycles. The van der Waals surface area contributed by atoms with Gasteiger partial charge >= 0.3 is 5.97 Å². The highest BCUT2D eigenvalue weighted by Crippen LogP contribution is 2.31. The third kappa shape index (κ3) is 35.6. The van der Waals surface area contributed by atoms with E-state index in [1.165, 1.54) is 64.7 Å². The number of amides is 6. The predicted molar refractivity (Wildman–Crippen MR) is 423 cm³/mol. The molecular formula is C81H136N14O14. The van der Waals surface area contributed by atoms with Crippen LogP contribution in [0.3, 0.4) is 0 Å². The van der Waals surface area contributed by atoms with Crippen molar-refractivity contribution in [2.75, 3.05) is 39.3 Å². The van der Waals surface area contributed by atoms with Gasteiger partial charge in [-0.3, -0.25) is 67.5 Å². The molecule has 28 nitrogen and oxygen atoms in total. The lowest BCUT2D eigenvalue weighted by Crippen LogP contribution is -2.50. The van der Waals surface area contributed by atoms with Crippen molar-refractivity contribution < 1.29 is 67.7 Å². The zero-order chi connectivity index (χ0) is 81.0. The van der Waals surface area contributed by atoms with E-state index in [1.807, 2.05) is 13.8 Å². The normalized spacial score (nSPS) is 17.2. The highest BCUT2D eigenvalue weighted by Gasteiger charge is 2.42. The van der Waals surface area contributed by atoms with Crippen molar-refractivity contribution in [3.8, 4) is 0 Å². The minimum Gasteiger partial charge on any atom is -0.481 e. The number of nitrogens with zero attached hydrogens (tertiary/aromatic N) is 4. The highest BCUT2D eigenvalue weighted by molar-refractivity contribution is 6.00. The van der Waals surface area contributed by atoms with E-state index in [9.17, 15) is 67.7 Å². The number of aliphatic hydroxyl groups excluding tert-OH is 1. The summed E-state index contributed by atoms with van der Waals surface area (Å²) >= 11 is 0. The number of carbonyl (C=O) groups excluding carboxylic acids is 11. The summed E-state index contributed by atoms with van der Waals surface area (Å²) in [5.41, 5.74) is 35.5. The Morgan fingerprint density at radius 3 is 1.54 bits per heavy atom. The van der Waals surface area contributed by atoms with Gasteiger partial charge in [-0.25, -0.2) is 0 Å². The topological polar surface area (TPSA) is 481 Å². The van der Waals surface area contributed by atoms with E-state index in [4.69, 9.17) is 34.4 Å². The largest absolute Gasteiger partial charge is 0.481 e. The van der Waals surface area contributed by atoms with E-state index < -0.39 is 151 Å². The Bertz CT molecular complexity index is 3110. The fourth-order valence-electron chi connectivity index (χ4n) is 14.6. The van der Waals surface area contributed by atoms with Crippen LogP contribution < -0.4 is 55.7 Å². The van der Waals surface area contributed by atoms with Crippen LogP contribution in [-0.2, 0) is 64.0 Å². The number of carboxylic acids is 1. The van der Waals surface area contributed by atoms with Crippen LogP contribution in [0.1, 0.15) is 259 Å². The van der Waals surface area contributed by atoms with Gasteiger partial charge in [0.05, 0.1) is 43.2 Å². The molecule has 6 amide bonds. The average molecular weight is 1530 g/mol. The van der Waals surface area contributed by atoms with Crippen molar-refractivity contribution in [2.24, 2.45) is 85.8 Å². The Morgan fingerprint density at radius 1 is 0.514 bits per heavy atom. The lowest BCUT2D eigenvalue weighted by atomic mass is 9.82. The fourth-order valence-corrected chi connectivity index (χ4v) is 14.6. The number of hydrogen-bond acceptors (Lipinski definition) is 17. The summed E-state index contributed by atoms with van der Waals surface area (Å²) in [4.78, 5) is 181. The number of aliphatic carboxylic acids is 1. The van der Waals surface area contributed by atoms with Gasteiger partial charge in [0, 0.05) is 100.0 Å². The second kappa shape index (κ2) is 52.9. The van der Waals surface area contributed by atoms with E-state index in [-0.39, 0.29) is 106 Å². The van der Waals surface area contributed by atoms with Crippen molar-refractivity contribution in [3.63, 3.8) is 0 Å². The van der Waals surface area contributed by atoms with Crippen molar-refractivity contribution in [2.45, 2.75) is 296 Å². The Morgan fingerprint density at radius 2 is 0.991 bits per heavy atom. The number of nitrogens with one attached hydrogen (secondary N) is 4. The molecule has 109 heavy (non-hydrogen) atoms. The van der Waals surface area contributed by atoms with Gasteiger partial charge in [-0.2, -0.15) is 0 Å². The molecule has 2 heterocycles. The number of likely N-dealkylation sites (tertiary alicyclic amines) is 2. The lowest BCUT2D eigenvalue weighted by molar-refractivity contribution is -0.141. The van der Waals surface area contributed by atoms with Gasteiger partial charge in [-0.05, 0) is 101 Å². The smallest absolute Gasteiger partial charge is 0.305 e. The van der Waals surface area contributed by atoms with Crippen LogP contribution in [-0.4, -0.2) is 178 Å². The molecule has 0 aromatic heterocycles. The molecule has 28 heteroatoms. The number of carbonyl (C=O) groups is 12. The number of nitrogens with two attached hydrogens (primary N) is 6. The molecule has 1 aromatic carbocycles. The number of benzene rings is 1. The van der Waals surface area contributed by atoms with Crippen molar-refractivity contribution in [3.05, 3.63) is 48.2 Å². The molecule has 3 rings (SSSR count). The molecule has 0 saturated carbocycles. The molecule has 0 unspecified atom stereocenters. The Labute approximate surface area is 647 Å². The number of ketones is 5. The fraction of sp³-hybridized carbons (Fsp3) is 0.728. The molecule has 18 N–H and O–H groups in total. The zero-order valence-electron chi connectivity index (χ0n) is 66.4. The summed E-state index contributed by atoms with van der Waals surface area (Å²) < 4.78 is 0. The second-order valence-electron chi connectivity index (χ2n) is 30.5. The lowest BCUT2D eigenvalue weighted by Gasteiger charge is -2.32. The summed E-state index contributed by atoms with van der Waals surface area (Å²) in [7, 11) is 0. The molecule has 2 aliphatic heterocycles. The standard InChI is InChI=1S/C81H136N14O14/c1-8-11-12-13-14-15-16-17-18-19-20-21-25-39-73(102)94-43-31-38-67(94)72(101)48-58(34-26-27-40-82)76(106)90-62(36-29-42-89-81(86)87)69(98)47-59(35-28-41-88-80(84)85)77(107)93-65(52-96)68(97)45-55(6)75(105)91-64(51-74(103)104)70(99)49-60(53(4)9-2)78(108)92-63(46-57-32-23-22-24-33-57)71(100)50-61(54(5)10-3)79(109)95-44-30-37-66(95)56(7)83/h22-24,32-33,53-55,58-67,96H,7-21,25-31,34-52,82-83H2,1-6H3,(H,90,106)(H,91,105)(H,92,108)(H,93,107)(H,103,104)(H4,84,85,88)(H4,86,87,89)/t53-,54-,55+,58+,59+,60-,61-,62-,63-,64-,65-,66-,67-/m0/s1. The molecule has 0 radical (unpaired) electrons. The molecule has 13 atom stereocenters. The summed E-state index contributed by atoms with van der Waals surface area (Å²) in [5.74, 6) is -14.3. The first-order valence-corrected chi connectivity index (χ1v) is 40.6. The van der Waals surface area contributed by atoms with Gasteiger partial charge in [0.15, 0.2) is 40.8 Å². The summed E-state index contributed by atoms with van der Waals surface area (Å²) in [6, 6.07) is 2.15. The molecule has 2 saturated heterocycles. The first-order valence-electron chi connectivity index (χ1n) is 40.6. The highest BCUT2D eigenvalue weighted by atomic mass is 16.4. The first-order chi connectivity index (χ1) is 52.0. The average Bonchev–Trinajstić information content (AvgIpc) is 1.78. The van der Waals surface area contributed by atoms with E-state index >= 15 is 0 Å². The van der Waals surface area contributed by atoms with Gasteiger partial charge in [0.1, 0.15) is 6.04 Å². The molecule has 0 bridgehead atoms. The van der Waals surface area contributed by atoms with Crippen LogP contribution in [0.2, 0.25) is 0 Å². The maximum Gasteiger partial charge on any atom is 0.305 e. The second-order valence-corrected chi connectivity index (χ2v) is 30.5. The maximum atomic E-state index is 14.7. The van der Waals surface area contributed by atoms with Crippen molar-refractivity contribution >= 4 is 82.2 Å². The van der Waals surface area contributed by atoms with E-state index in [1.54, 1.807) is 54.0 Å². The number of rotatable bonds is 60. The SMILES string of the molecule is C=C(N)[C@@H]1CCCN1C(=O)[C@@H](CC(=O)[C@H](Cc1ccccc1)NC(=O)[C@@H](CC(=O)[C@H](CC(=O)O)NC(=O)[C@H](C)CC(=O)[C@H](CO)NC(=O)[C@H](CCCN=C(N)N)CC(=O)[C@H](CCCN=C(N)N)NC(=O)[C@H](CCCCN)CC(=O)[C@@H]1CCCN1C(=O)CCCCCCCCCCCCCCC)[C@@H](C)CC)[C@@H](C)CC. The molecule has 2 fully saturated rings. The number of carboxylic acid groups (broad SMARTS) is 1. The predicted octanol–water partition coefficient (Wildman–Crippen LogP) is 6.80. The Kier molecular flexibility index (Phi) is 46.1. The molecule has 0 spiro atoms. The monoisotopic (exact) mass is 1530 g/mol. The third-order valence-electron chi connectivity index (χ3n) is 21.8.